The first-order valence-corrected chi connectivity index (χ1v) is 14.2. The molecule has 41 heavy (non-hydrogen) atoms. The molecule has 1 aliphatic carbocycles. The van der Waals surface area contributed by atoms with Crippen LogP contribution in [-0.4, -0.2) is 80.8 Å². The smallest absolute Gasteiger partial charge is 0.341 e. The summed E-state index contributed by atoms with van der Waals surface area (Å²) < 4.78 is 19.9. The van der Waals surface area contributed by atoms with E-state index in [-0.39, 0.29) is 38.1 Å². The number of aliphatic carboxylic acids is 1. The van der Waals surface area contributed by atoms with Crippen molar-refractivity contribution in [3.8, 4) is 16.2 Å². The maximum atomic E-state index is 14.4. The van der Waals surface area contributed by atoms with Crippen LogP contribution in [0.25, 0.3) is 10.4 Å². The number of aromatic nitrogens is 1. The molecule has 1 aromatic carbocycles. The highest BCUT2D eigenvalue weighted by molar-refractivity contribution is 7.13. The number of halogens is 1. The largest absolute Gasteiger partial charge is 0.482 e. The first kappa shape index (κ1) is 30.4. The number of likely N-dealkylation sites (tertiary alicyclic amines) is 1. The summed E-state index contributed by atoms with van der Waals surface area (Å²) >= 11 is 1.43. The molecule has 1 unspecified atom stereocenters. The van der Waals surface area contributed by atoms with Crippen molar-refractivity contribution in [2.45, 2.75) is 77.4 Å². The van der Waals surface area contributed by atoms with Gasteiger partial charge in [-0.15, -0.1) is 11.3 Å². The Morgan fingerprint density at radius 1 is 1.27 bits per heavy atom. The molecular formula is C28H35FN4O7S. The van der Waals surface area contributed by atoms with Gasteiger partial charge in [0.1, 0.15) is 17.8 Å². The number of rotatable bonds is 10. The number of carboxylic acid groups (broad SMARTS) is 1. The molecule has 2 aliphatic rings. The summed E-state index contributed by atoms with van der Waals surface area (Å²) in [5.74, 6) is -2.86. The Labute approximate surface area is 241 Å². The molecule has 0 bridgehead atoms. The first-order valence-electron chi connectivity index (χ1n) is 13.3. The molecule has 4 N–H and O–H groups in total. The lowest BCUT2D eigenvalue weighted by Gasteiger charge is -2.35. The van der Waals surface area contributed by atoms with Crippen molar-refractivity contribution in [2.75, 3.05) is 13.2 Å². The monoisotopic (exact) mass is 590 g/mol. The van der Waals surface area contributed by atoms with Crippen molar-refractivity contribution in [3.05, 3.63) is 35.0 Å². The number of hydrogen-bond donors (Lipinski definition) is 4. The molecule has 2 aromatic rings. The second-order valence-corrected chi connectivity index (χ2v) is 12.5. The molecule has 11 nitrogen and oxygen atoms in total. The number of ether oxygens (including phenoxy) is 1. The van der Waals surface area contributed by atoms with Gasteiger partial charge in [-0.3, -0.25) is 14.4 Å². The number of benzene rings is 1. The Bertz CT molecular complexity index is 1340. The molecule has 4 rings (SSSR count). The third-order valence-corrected chi connectivity index (χ3v) is 8.21. The van der Waals surface area contributed by atoms with E-state index in [9.17, 15) is 28.7 Å². The van der Waals surface area contributed by atoms with Crippen molar-refractivity contribution in [1.82, 2.24) is 20.5 Å². The number of nitrogens with zero attached hydrogens (tertiary/aromatic N) is 2. The molecule has 1 aromatic heterocycles. The minimum Gasteiger partial charge on any atom is -0.482 e. The molecule has 0 spiro atoms. The highest BCUT2D eigenvalue weighted by Gasteiger charge is 2.53. The lowest BCUT2D eigenvalue weighted by Crippen LogP contribution is -2.59. The highest BCUT2D eigenvalue weighted by Crippen LogP contribution is 2.40. The van der Waals surface area contributed by atoms with E-state index in [0.717, 1.165) is 16.1 Å². The van der Waals surface area contributed by atoms with E-state index in [1.807, 2.05) is 13.0 Å². The fourth-order valence-electron chi connectivity index (χ4n) is 4.71. The standard InChI is InChI=1S/C28H35FN4O7S/c1-15-22(41-14-31-15)16-5-6-17(20(9-16)40-13-21(35)36)11-30-24(37)19-10-18(34)12-33(19)25(38)23(27(2,3)4)32-26(39)28(29)7-8-28/h5-6,9,14,18-19,23,34H,7-8,10-13H2,1-4H3,(H,30,37)(H,32,39)(H,35,36)/t18-,19+,23?/m1/s1. The molecular weight excluding hydrogens is 555 g/mol. The summed E-state index contributed by atoms with van der Waals surface area (Å²) in [4.78, 5) is 56.9. The highest BCUT2D eigenvalue weighted by atomic mass is 32.1. The van der Waals surface area contributed by atoms with Crippen molar-refractivity contribution >= 4 is 35.0 Å². The summed E-state index contributed by atoms with van der Waals surface area (Å²) in [6, 6.07) is 3.09. The zero-order valence-electron chi connectivity index (χ0n) is 23.4. The van der Waals surface area contributed by atoms with Crippen LogP contribution in [0.3, 0.4) is 0 Å². The third-order valence-electron chi connectivity index (χ3n) is 7.23. The van der Waals surface area contributed by atoms with Crippen molar-refractivity contribution < 1.29 is 38.5 Å². The number of β-amino-alcohol motifs (C(OH)–C–C–N with tert-alkyl or cyclic N) is 1. The van der Waals surface area contributed by atoms with Crippen LogP contribution < -0.4 is 15.4 Å². The SMILES string of the molecule is Cc1ncsc1-c1ccc(CNC(=O)[C@@H]2C[C@@H](O)CN2C(=O)C(NC(=O)C2(F)CC2)C(C)(C)C)c(OCC(=O)O)c1. The predicted molar refractivity (Wildman–Crippen MR) is 148 cm³/mol. The molecule has 1 saturated heterocycles. The van der Waals surface area contributed by atoms with Crippen LogP contribution in [0.4, 0.5) is 4.39 Å². The van der Waals surface area contributed by atoms with Crippen molar-refractivity contribution in [2.24, 2.45) is 5.41 Å². The number of amides is 3. The van der Waals surface area contributed by atoms with Gasteiger partial charge in [0.15, 0.2) is 12.3 Å². The van der Waals surface area contributed by atoms with E-state index < -0.39 is 59.6 Å². The van der Waals surface area contributed by atoms with Crippen LogP contribution in [0.5, 0.6) is 5.75 Å². The van der Waals surface area contributed by atoms with E-state index in [1.54, 1.807) is 38.4 Å². The average molecular weight is 591 g/mol. The number of carboxylic acids is 1. The molecule has 3 atom stereocenters. The molecule has 1 saturated carbocycles. The Morgan fingerprint density at radius 3 is 2.56 bits per heavy atom. The van der Waals surface area contributed by atoms with Gasteiger partial charge < -0.3 is 30.5 Å². The Balaban J connectivity index is 1.50. The second kappa shape index (κ2) is 11.7. The van der Waals surface area contributed by atoms with Crippen LogP contribution in [0, 0.1) is 12.3 Å². The van der Waals surface area contributed by atoms with Gasteiger partial charge in [0.2, 0.25) is 11.8 Å². The minimum atomic E-state index is -1.97. The normalized spacial score (nSPS) is 20.3. The van der Waals surface area contributed by atoms with Gasteiger partial charge in [-0.05, 0) is 36.8 Å². The number of thiazole rings is 1. The number of aliphatic hydroxyl groups is 1. The Hall–Kier alpha value is -3.58. The van der Waals surface area contributed by atoms with Gasteiger partial charge in [-0.1, -0.05) is 32.9 Å². The fourth-order valence-corrected chi connectivity index (χ4v) is 5.51. The first-order chi connectivity index (χ1) is 19.2. The lowest BCUT2D eigenvalue weighted by molar-refractivity contribution is -0.145. The summed E-state index contributed by atoms with van der Waals surface area (Å²) in [5.41, 5.74) is 1.05. The van der Waals surface area contributed by atoms with Gasteiger partial charge in [-0.25, -0.2) is 14.2 Å². The maximum Gasteiger partial charge on any atom is 0.341 e. The molecule has 3 amide bonds. The summed E-state index contributed by atoms with van der Waals surface area (Å²) in [6.07, 6.45) is -0.777. The van der Waals surface area contributed by atoms with E-state index >= 15 is 0 Å². The van der Waals surface area contributed by atoms with Crippen LogP contribution in [0.2, 0.25) is 0 Å². The zero-order chi connectivity index (χ0) is 30.1. The van der Waals surface area contributed by atoms with Crippen LogP contribution in [-0.2, 0) is 25.7 Å². The molecule has 0 radical (unpaired) electrons. The number of carbonyl (C=O) groups excluding carboxylic acids is 3. The van der Waals surface area contributed by atoms with Gasteiger partial charge >= 0.3 is 5.97 Å². The number of carbonyl (C=O) groups is 4. The van der Waals surface area contributed by atoms with Gasteiger partial charge in [0, 0.05) is 25.1 Å². The number of aliphatic hydroxyl groups excluding tert-OH is 1. The van der Waals surface area contributed by atoms with Crippen LogP contribution >= 0.6 is 11.3 Å². The number of aryl methyl sites for hydroxylation is 1. The molecule has 2 fully saturated rings. The second-order valence-electron chi connectivity index (χ2n) is 11.6. The molecule has 13 heteroatoms. The number of hydrogen-bond acceptors (Lipinski definition) is 8. The van der Waals surface area contributed by atoms with E-state index in [0.29, 0.717) is 5.56 Å². The quantitative estimate of drug-likeness (QED) is 0.328. The minimum absolute atomic E-state index is 0.0125. The van der Waals surface area contributed by atoms with Crippen molar-refractivity contribution in [1.29, 1.82) is 0 Å². The predicted octanol–water partition coefficient (Wildman–Crippen LogP) is 2.19. The average Bonchev–Trinajstić information content (AvgIpc) is 3.31. The fraction of sp³-hybridized carbons (Fsp3) is 0.536. The summed E-state index contributed by atoms with van der Waals surface area (Å²) in [5, 5.41) is 24.8. The molecule has 1 aliphatic heterocycles. The maximum absolute atomic E-state index is 14.4. The van der Waals surface area contributed by atoms with E-state index in [2.05, 4.69) is 15.6 Å². The van der Waals surface area contributed by atoms with Crippen molar-refractivity contribution in [3.63, 3.8) is 0 Å². The third kappa shape index (κ3) is 7.02. The van der Waals surface area contributed by atoms with Gasteiger partial charge in [-0.2, -0.15) is 0 Å². The van der Waals surface area contributed by atoms with E-state index in [1.165, 1.54) is 16.2 Å². The van der Waals surface area contributed by atoms with Gasteiger partial charge in [0.05, 0.1) is 22.2 Å². The topological polar surface area (TPSA) is 158 Å². The molecule has 2 heterocycles. The lowest BCUT2D eigenvalue weighted by atomic mass is 9.85. The zero-order valence-corrected chi connectivity index (χ0v) is 24.2. The number of nitrogens with one attached hydrogen (secondary N) is 2. The van der Waals surface area contributed by atoms with E-state index in [4.69, 9.17) is 9.84 Å². The Morgan fingerprint density at radius 2 is 1.98 bits per heavy atom. The summed E-state index contributed by atoms with van der Waals surface area (Å²) in [6.45, 7) is 6.31. The van der Waals surface area contributed by atoms with Gasteiger partial charge in [0.25, 0.3) is 5.91 Å². The number of alkyl halides is 1. The summed E-state index contributed by atoms with van der Waals surface area (Å²) in [7, 11) is 0. The van der Waals surface area contributed by atoms with Crippen LogP contribution in [0.1, 0.15) is 51.3 Å². The molecule has 222 valence electrons. The Kier molecular flexibility index (Phi) is 8.69. The van der Waals surface area contributed by atoms with Crippen LogP contribution in [0.15, 0.2) is 23.7 Å².